The lowest BCUT2D eigenvalue weighted by Gasteiger charge is -2.15. The van der Waals surface area contributed by atoms with Gasteiger partial charge in [-0.2, -0.15) is 13.2 Å². The molecule has 3 nitrogen and oxygen atoms in total. The number of rotatable bonds is 5. The smallest absolute Gasteiger partial charge is 0.416 e. The molecule has 152 valence electrons. The van der Waals surface area contributed by atoms with Gasteiger partial charge in [0.2, 0.25) is 0 Å². The number of hydrogen-bond acceptors (Lipinski definition) is 4. The maximum absolute atomic E-state index is 12.9. The van der Waals surface area contributed by atoms with Gasteiger partial charge in [-0.3, -0.25) is 0 Å². The van der Waals surface area contributed by atoms with Crippen molar-refractivity contribution in [3.63, 3.8) is 0 Å². The highest BCUT2D eigenvalue weighted by molar-refractivity contribution is 7.99. The van der Waals surface area contributed by atoms with Crippen LogP contribution in [0, 0.1) is 27.7 Å². The predicted octanol–water partition coefficient (Wildman–Crippen LogP) is 6.46. The summed E-state index contributed by atoms with van der Waals surface area (Å²) in [5.74, 6) is 0.674. The minimum Gasteiger partial charge on any atom is -0.488 e. The van der Waals surface area contributed by atoms with Crippen molar-refractivity contribution < 1.29 is 17.9 Å². The van der Waals surface area contributed by atoms with Crippen molar-refractivity contribution in [2.45, 2.75) is 50.5 Å². The molecule has 3 rings (SSSR count). The Labute approximate surface area is 172 Å². The second-order valence-electron chi connectivity index (χ2n) is 6.91. The molecule has 0 N–H and O–H groups in total. The standard InChI is InChI=1S/C22H21F3N2OS/c1-13-8-19(29-21-26-15(3)10-16(4)27-21)9-14(2)20(13)28-12-17-6-5-7-18(11-17)22(23,24)25/h5-11H,12H2,1-4H3. The topological polar surface area (TPSA) is 35.0 Å². The van der Waals surface area contributed by atoms with Gasteiger partial charge in [0.15, 0.2) is 5.16 Å². The zero-order chi connectivity index (χ0) is 21.2. The van der Waals surface area contributed by atoms with E-state index in [1.165, 1.54) is 17.8 Å². The zero-order valence-corrected chi connectivity index (χ0v) is 17.4. The number of alkyl halides is 3. The molecule has 0 radical (unpaired) electrons. The number of benzene rings is 2. The van der Waals surface area contributed by atoms with Crippen LogP contribution in [0.5, 0.6) is 5.75 Å². The summed E-state index contributed by atoms with van der Waals surface area (Å²) < 4.78 is 44.5. The molecule has 0 aliphatic rings. The molecule has 0 amide bonds. The SMILES string of the molecule is Cc1cc(C)nc(Sc2cc(C)c(OCc3cccc(C(F)(F)F)c3)c(C)c2)n1. The molecule has 3 aromatic rings. The van der Waals surface area contributed by atoms with Crippen molar-refractivity contribution in [2.75, 3.05) is 0 Å². The Hall–Kier alpha value is -2.54. The summed E-state index contributed by atoms with van der Waals surface area (Å²) in [6.07, 6.45) is -4.36. The van der Waals surface area contributed by atoms with E-state index in [4.69, 9.17) is 4.74 Å². The van der Waals surface area contributed by atoms with Gasteiger partial charge in [0.1, 0.15) is 12.4 Å². The Bertz CT molecular complexity index is 992. The van der Waals surface area contributed by atoms with Crippen molar-refractivity contribution in [1.29, 1.82) is 0 Å². The van der Waals surface area contributed by atoms with Crippen LogP contribution in [0.4, 0.5) is 13.2 Å². The molecule has 0 spiro atoms. The first-order valence-electron chi connectivity index (χ1n) is 9.02. The molecule has 0 unspecified atom stereocenters. The van der Waals surface area contributed by atoms with Crippen molar-refractivity contribution in [1.82, 2.24) is 9.97 Å². The third kappa shape index (κ3) is 5.50. The van der Waals surface area contributed by atoms with Crippen molar-refractivity contribution in [3.8, 4) is 5.75 Å². The molecule has 0 aliphatic heterocycles. The first kappa shape index (κ1) is 21.2. The van der Waals surface area contributed by atoms with E-state index in [0.29, 0.717) is 16.5 Å². The number of aromatic nitrogens is 2. The summed E-state index contributed by atoms with van der Waals surface area (Å²) in [6.45, 7) is 7.76. The van der Waals surface area contributed by atoms with Crippen LogP contribution in [-0.2, 0) is 12.8 Å². The second kappa shape index (κ2) is 8.45. The van der Waals surface area contributed by atoms with Crippen LogP contribution in [0.1, 0.15) is 33.6 Å². The number of halogens is 3. The number of nitrogens with zero attached hydrogens (tertiary/aromatic N) is 2. The predicted molar refractivity (Wildman–Crippen MR) is 107 cm³/mol. The van der Waals surface area contributed by atoms with E-state index in [0.717, 1.165) is 39.5 Å². The number of ether oxygens (including phenoxy) is 1. The van der Waals surface area contributed by atoms with Gasteiger partial charge in [-0.05, 0) is 86.5 Å². The summed E-state index contributed by atoms with van der Waals surface area (Å²) in [5, 5.41) is 0.680. The summed E-state index contributed by atoms with van der Waals surface area (Å²) in [7, 11) is 0. The number of aryl methyl sites for hydroxylation is 4. The lowest BCUT2D eigenvalue weighted by molar-refractivity contribution is -0.137. The molecule has 0 saturated heterocycles. The van der Waals surface area contributed by atoms with Crippen LogP contribution in [-0.4, -0.2) is 9.97 Å². The van der Waals surface area contributed by atoms with Crippen LogP contribution in [0.2, 0.25) is 0 Å². The highest BCUT2D eigenvalue weighted by Gasteiger charge is 2.30. The fraction of sp³-hybridized carbons (Fsp3) is 0.273. The first-order valence-corrected chi connectivity index (χ1v) is 9.84. The highest BCUT2D eigenvalue weighted by atomic mass is 32.2. The van der Waals surface area contributed by atoms with Crippen molar-refractivity contribution in [3.05, 3.63) is 76.1 Å². The van der Waals surface area contributed by atoms with E-state index in [-0.39, 0.29) is 6.61 Å². The Balaban J connectivity index is 1.76. The normalized spacial score (nSPS) is 11.6. The summed E-state index contributed by atoms with van der Waals surface area (Å²) in [4.78, 5) is 9.87. The molecule has 1 heterocycles. The van der Waals surface area contributed by atoms with E-state index in [1.54, 1.807) is 6.07 Å². The molecule has 0 saturated carbocycles. The molecule has 1 aromatic heterocycles. The molecule has 0 fully saturated rings. The van der Waals surface area contributed by atoms with E-state index >= 15 is 0 Å². The van der Waals surface area contributed by atoms with Gasteiger partial charge in [0.25, 0.3) is 0 Å². The van der Waals surface area contributed by atoms with E-state index < -0.39 is 11.7 Å². The van der Waals surface area contributed by atoms with Gasteiger partial charge in [-0.1, -0.05) is 12.1 Å². The fourth-order valence-electron chi connectivity index (χ4n) is 3.03. The van der Waals surface area contributed by atoms with Gasteiger partial charge in [0.05, 0.1) is 5.56 Å². The largest absolute Gasteiger partial charge is 0.488 e. The monoisotopic (exact) mass is 418 g/mol. The van der Waals surface area contributed by atoms with Gasteiger partial charge >= 0.3 is 6.18 Å². The summed E-state index contributed by atoms with van der Waals surface area (Å²) >= 11 is 1.47. The van der Waals surface area contributed by atoms with Crippen LogP contribution in [0.15, 0.2) is 52.5 Å². The van der Waals surface area contributed by atoms with E-state index in [2.05, 4.69) is 9.97 Å². The minimum atomic E-state index is -4.36. The van der Waals surface area contributed by atoms with Crippen LogP contribution < -0.4 is 4.74 Å². The molecule has 2 aromatic carbocycles. The Morgan fingerprint density at radius 3 is 2.10 bits per heavy atom. The number of hydrogen-bond donors (Lipinski definition) is 0. The minimum absolute atomic E-state index is 0.0677. The van der Waals surface area contributed by atoms with Crippen LogP contribution in [0.3, 0.4) is 0 Å². The molecule has 0 aliphatic carbocycles. The second-order valence-corrected chi connectivity index (χ2v) is 7.95. The van der Waals surface area contributed by atoms with Crippen LogP contribution in [0.25, 0.3) is 0 Å². The Kier molecular flexibility index (Phi) is 6.17. The van der Waals surface area contributed by atoms with Crippen molar-refractivity contribution >= 4 is 11.8 Å². The fourth-order valence-corrected chi connectivity index (χ4v) is 4.10. The third-order valence-electron chi connectivity index (χ3n) is 4.24. The van der Waals surface area contributed by atoms with Crippen molar-refractivity contribution in [2.24, 2.45) is 0 Å². The lowest BCUT2D eigenvalue weighted by atomic mass is 10.1. The molecule has 0 bridgehead atoms. The Morgan fingerprint density at radius 1 is 0.897 bits per heavy atom. The molecule has 0 atom stereocenters. The van der Waals surface area contributed by atoms with Gasteiger partial charge in [0, 0.05) is 16.3 Å². The molecule has 29 heavy (non-hydrogen) atoms. The Morgan fingerprint density at radius 2 is 1.52 bits per heavy atom. The zero-order valence-electron chi connectivity index (χ0n) is 16.6. The average molecular weight is 418 g/mol. The summed E-state index contributed by atoms with van der Waals surface area (Å²) in [6, 6.07) is 11.1. The molecule has 7 heteroatoms. The summed E-state index contributed by atoms with van der Waals surface area (Å²) in [5.41, 5.74) is 3.43. The van der Waals surface area contributed by atoms with E-state index in [9.17, 15) is 13.2 Å². The third-order valence-corrected chi connectivity index (χ3v) is 5.08. The van der Waals surface area contributed by atoms with Gasteiger partial charge in [-0.25, -0.2) is 9.97 Å². The maximum Gasteiger partial charge on any atom is 0.416 e. The van der Waals surface area contributed by atoms with E-state index in [1.807, 2.05) is 45.9 Å². The van der Waals surface area contributed by atoms with Gasteiger partial charge < -0.3 is 4.74 Å². The highest BCUT2D eigenvalue weighted by Crippen LogP contribution is 2.33. The quantitative estimate of drug-likeness (QED) is 0.446. The van der Waals surface area contributed by atoms with Crippen LogP contribution >= 0.6 is 11.8 Å². The average Bonchev–Trinajstić information content (AvgIpc) is 2.59. The lowest BCUT2D eigenvalue weighted by Crippen LogP contribution is -2.06. The molecular weight excluding hydrogens is 397 g/mol. The first-order chi connectivity index (χ1) is 13.6. The molecular formula is C22H21F3N2OS. The van der Waals surface area contributed by atoms with Gasteiger partial charge in [-0.15, -0.1) is 0 Å². The maximum atomic E-state index is 12.9.